The highest BCUT2D eigenvalue weighted by Gasteiger charge is 2.54. The summed E-state index contributed by atoms with van der Waals surface area (Å²) in [5.74, 6) is 0.860. The number of carbonyl (C=O) groups excluding carboxylic acids is 2. The van der Waals surface area contributed by atoms with Crippen LogP contribution in [0.3, 0.4) is 0 Å². The van der Waals surface area contributed by atoms with Gasteiger partial charge in [0.25, 0.3) is 0 Å². The summed E-state index contributed by atoms with van der Waals surface area (Å²) in [7, 11) is 0. The third-order valence-electron chi connectivity index (χ3n) is 6.66. The van der Waals surface area contributed by atoms with Crippen LogP contribution >= 0.6 is 0 Å². The van der Waals surface area contributed by atoms with Gasteiger partial charge >= 0.3 is 5.97 Å². The van der Waals surface area contributed by atoms with Gasteiger partial charge < -0.3 is 9.64 Å². The van der Waals surface area contributed by atoms with Crippen LogP contribution in [0.4, 0.5) is 0 Å². The number of ether oxygens (including phenoxy) is 1. The Hall–Kier alpha value is -1.84. The zero-order valence-corrected chi connectivity index (χ0v) is 16.1. The van der Waals surface area contributed by atoms with Crippen molar-refractivity contribution >= 4 is 11.9 Å². The maximum absolute atomic E-state index is 13.0. The molecular weight excluding hydrogens is 326 g/mol. The molecule has 0 aromatic heterocycles. The second-order valence-corrected chi connectivity index (χ2v) is 8.81. The second-order valence-electron chi connectivity index (χ2n) is 8.81. The lowest BCUT2D eigenvalue weighted by atomic mass is 9.61. The van der Waals surface area contributed by atoms with E-state index in [-0.39, 0.29) is 17.3 Å². The Balaban J connectivity index is 1.34. The average molecular weight is 355 g/mol. The number of cyclic esters (lactones) is 1. The molecule has 0 unspecified atom stereocenters. The molecule has 0 N–H and O–H groups in total. The molecule has 2 saturated carbocycles. The number of hydrogen-bond acceptors (Lipinski definition) is 3. The Kier molecular flexibility index (Phi) is 4.32. The number of carbonyl (C=O) groups is 2. The quantitative estimate of drug-likeness (QED) is 0.773. The van der Waals surface area contributed by atoms with Crippen molar-refractivity contribution in [2.24, 2.45) is 11.3 Å². The van der Waals surface area contributed by atoms with Crippen molar-refractivity contribution in [2.75, 3.05) is 13.2 Å². The number of aryl methyl sites for hydroxylation is 2. The van der Waals surface area contributed by atoms with Gasteiger partial charge in [0, 0.05) is 23.9 Å². The number of nitrogens with zero attached hydrogens (tertiary/aromatic N) is 1. The van der Waals surface area contributed by atoms with E-state index in [0.717, 1.165) is 32.2 Å². The maximum atomic E-state index is 13.0. The molecule has 0 atom stereocenters. The molecular formula is C22H29NO3. The highest BCUT2D eigenvalue weighted by Crippen LogP contribution is 2.52. The maximum Gasteiger partial charge on any atom is 0.306 e. The molecule has 3 aliphatic rings. The molecule has 140 valence electrons. The molecule has 1 saturated heterocycles. The van der Waals surface area contributed by atoms with Crippen LogP contribution in [0.2, 0.25) is 0 Å². The largest absolute Gasteiger partial charge is 0.465 e. The number of hydrogen-bond donors (Lipinski definition) is 0. The monoisotopic (exact) mass is 355 g/mol. The SMILES string of the molecule is CCN(C(=O)C1CC2(COC(=O)C2)C1)C1CC(c2cc(C)cc(C)c2)C1. The van der Waals surface area contributed by atoms with Crippen LogP contribution in [-0.4, -0.2) is 36.0 Å². The van der Waals surface area contributed by atoms with E-state index in [0.29, 0.717) is 30.9 Å². The lowest BCUT2D eigenvalue weighted by Gasteiger charge is -2.48. The van der Waals surface area contributed by atoms with Gasteiger partial charge in [0.2, 0.25) is 5.91 Å². The van der Waals surface area contributed by atoms with E-state index in [1.54, 1.807) is 0 Å². The molecule has 1 aromatic carbocycles. The van der Waals surface area contributed by atoms with E-state index in [1.807, 2.05) is 0 Å². The lowest BCUT2D eigenvalue weighted by Crippen LogP contribution is -2.53. The normalized spacial score (nSPS) is 32.7. The molecule has 1 aliphatic heterocycles. The molecule has 0 bridgehead atoms. The molecule has 3 fully saturated rings. The van der Waals surface area contributed by atoms with Gasteiger partial charge in [0.1, 0.15) is 0 Å². The molecule has 2 aliphatic carbocycles. The minimum atomic E-state index is -0.0986. The summed E-state index contributed by atoms with van der Waals surface area (Å²) in [5.41, 5.74) is 4.03. The van der Waals surface area contributed by atoms with Gasteiger partial charge in [-0.05, 0) is 57.9 Å². The number of amides is 1. The smallest absolute Gasteiger partial charge is 0.306 e. The number of benzene rings is 1. The Labute approximate surface area is 155 Å². The van der Waals surface area contributed by atoms with E-state index in [9.17, 15) is 9.59 Å². The minimum absolute atomic E-state index is 0.0297. The lowest BCUT2D eigenvalue weighted by molar-refractivity contribution is -0.148. The first kappa shape index (κ1) is 17.6. The van der Waals surface area contributed by atoms with Gasteiger partial charge in [-0.3, -0.25) is 9.59 Å². The van der Waals surface area contributed by atoms with Gasteiger partial charge in [-0.25, -0.2) is 0 Å². The van der Waals surface area contributed by atoms with E-state index < -0.39 is 0 Å². The third-order valence-corrected chi connectivity index (χ3v) is 6.66. The first-order chi connectivity index (χ1) is 12.4. The Morgan fingerprint density at radius 2 is 1.85 bits per heavy atom. The van der Waals surface area contributed by atoms with Crippen molar-refractivity contribution in [3.8, 4) is 0 Å². The topological polar surface area (TPSA) is 46.6 Å². The van der Waals surface area contributed by atoms with Crippen molar-refractivity contribution < 1.29 is 14.3 Å². The molecule has 0 radical (unpaired) electrons. The highest BCUT2D eigenvalue weighted by molar-refractivity contribution is 5.81. The fraction of sp³-hybridized carbons (Fsp3) is 0.636. The van der Waals surface area contributed by atoms with Crippen LogP contribution in [0.15, 0.2) is 18.2 Å². The van der Waals surface area contributed by atoms with Gasteiger partial charge in [0.15, 0.2) is 0 Å². The fourth-order valence-corrected chi connectivity index (χ4v) is 5.25. The summed E-state index contributed by atoms with van der Waals surface area (Å²) < 4.78 is 5.12. The van der Waals surface area contributed by atoms with Crippen LogP contribution in [-0.2, 0) is 14.3 Å². The Bertz CT molecular complexity index is 709. The summed E-state index contributed by atoms with van der Waals surface area (Å²) in [6.07, 6.45) is 4.29. The number of esters is 1. The highest BCUT2D eigenvalue weighted by atomic mass is 16.5. The van der Waals surface area contributed by atoms with Gasteiger partial charge in [-0.15, -0.1) is 0 Å². The molecule has 4 heteroatoms. The molecule has 1 aromatic rings. The van der Waals surface area contributed by atoms with Crippen LogP contribution in [0.1, 0.15) is 61.6 Å². The van der Waals surface area contributed by atoms with E-state index in [2.05, 4.69) is 43.9 Å². The number of rotatable bonds is 4. The first-order valence-electron chi connectivity index (χ1n) is 9.93. The van der Waals surface area contributed by atoms with Crippen molar-refractivity contribution in [1.82, 2.24) is 4.90 Å². The van der Waals surface area contributed by atoms with Crippen molar-refractivity contribution in [1.29, 1.82) is 0 Å². The Morgan fingerprint density at radius 1 is 1.19 bits per heavy atom. The molecule has 1 heterocycles. The molecule has 4 nitrogen and oxygen atoms in total. The van der Waals surface area contributed by atoms with Crippen molar-refractivity contribution in [3.63, 3.8) is 0 Å². The fourth-order valence-electron chi connectivity index (χ4n) is 5.25. The van der Waals surface area contributed by atoms with E-state index >= 15 is 0 Å². The predicted molar refractivity (Wildman–Crippen MR) is 99.8 cm³/mol. The van der Waals surface area contributed by atoms with Gasteiger partial charge in [-0.1, -0.05) is 29.3 Å². The van der Waals surface area contributed by atoms with Crippen LogP contribution in [0, 0.1) is 25.2 Å². The summed E-state index contributed by atoms with van der Waals surface area (Å²) in [6.45, 7) is 7.68. The van der Waals surface area contributed by atoms with Crippen LogP contribution < -0.4 is 0 Å². The average Bonchev–Trinajstić information content (AvgIpc) is 2.89. The van der Waals surface area contributed by atoms with Gasteiger partial charge in [-0.2, -0.15) is 0 Å². The summed E-state index contributed by atoms with van der Waals surface area (Å²) in [6, 6.07) is 7.17. The van der Waals surface area contributed by atoms with E-state index in [1.165, 1.54) is 16.7 Å². The summed E-state index contributed by atoms with van der Waals surface area (Å²) in [5, 5.41) is 0. The minimum Gasteiger partial charge on any atom is -0.465 e. The van der Waals surface area contributed by atoms with E-state index in [4.69, 9.17) is 4.74 Å². The molecule has 26 heavy (non-hydrogen) atoms. The predicted octanol–water partition coefficient (Wildman–Crippen LogP) is 3.74. The van der Waals surface area contributed by atoms with Crippen LogP contribution in [0.5, 0.6) is 0 Å². The molecule has 4 rings (SSSR count). The third kappa shape index (κ3) is 3.04. The zero-order valence-electron chi connectivity index (χ0n) is 16.1. The Morgan fingerprint density at radius 3 is 2.38 bits per heavy atom. The van der Waals surface area contributed by atoms with Crippen molar-refractivity contribution in [2.45, 2.75) is 64.8 Å². The molecule has 1 amide bonds. The van der Waals surface area contributed by atoms with Crippen LogP contribution in [0.25, 0.3) is 0 Å². The standard InChI is InChI=1S/C22H29NO3/c1-4-23(21(25)18-10-22(11-18)12-20(24)26-13-22)19-8-17(9-19)16-6-14(2)5-15(3)7-16/h5-7,17-19H,4,8-13H2,1-3H3. The molecule has 1 spiro atoms. The van der Waals surface area contributed by atoms with Crippen molar-refractivity contribution in [3.05, 3.63) is 34.9 Å². The summed E-state index contributed by atoms with van der Waals surface area (Å²) in [4.78, 5) is 26.4. The second kappa shape index (κ2) is 6.40. The summed E-state index contributed by atoms with van der Waals surface area (Å²) >= 11 is 0. The first-order valence-corrected chi connectivity index (χ1v) is 9.93. The van der Waals surface area contributed by atoms with Gasteiger partial charge in [0.05, 0.1) is 13.0 Å². The zero-order chi connectivity index (χ0) is 18.5.